The molecule has 2 amide bonds. The van der Waals surface area contributed by atoms with Crippen LogP contribution in [0.2, 0.25) is 0 Å². The van der Waals surface area contributed by atoms with Crippen LogP contribution in [0.25, 0.3) is 0 Å². The van der Waals surface area contributed by atoms with Gasteiger partial charge in [-0.3, -0.25) is 19.4 Å². The number of anilines is 2. The van der Waals surface area contributed by atoms with Crippen LogP contribution in [0.4, 0.5) is 11.4 Å². The van der Waals surface area contributed by atoms with E-state index < -0.39 is 0 Å². The number of carbonyl (C=O) groups excluding carboxylic acids is 2. The lowest BCUT2D eigenvalue weighted by Crippen LogP contribution is -2.46. The number of para-hydroxylation sites is 2. The highest BCUT2D eigenvalue weighted by Crippen LogP contribution is 2.29. The van der Waals surface area contributed by atoms with E-state index >= 15 is 0 Å². The van der Waals surface area contributed by atoms with E-state index in [0.29, 0.717) is 25.2 Å². The highest BCUT2D eigenvalue weighted by atomic mass is 16.3. The van der Waals surface area contributed by atoms with E-state index in [-0.39, 0.29) is 31.0 Å². The largest absolute Gasteiger partial charge is 0.392 e. The summed E-state index contributed by atoms with van der Waals surface area (Å²) in [5, 5.41) is 12.3. The molecule has 2 aliphatic rings. The van der Waals surface area contributed by atoms with Crippen LogP contribution in [0.5, 0.6) is 0 Å². The standard InChI is InChI=1S/C14H17N3O3/c18-10-5-6-16(7-10)9-14(20)17-8-13(19)15-11-3-1-2-4-12(11)17/h1-4,10,18H,5-9H2,(H,15,19). The number of nitrogens with one attached hydrogen (secondary N) is 1. The topological polar surface area (TPSA) is 72.9 Å². The van der Waals surface area contributed by atoms with E-state index in [1.54, 1.807) is 6.07 Å². The SMILES string of the molecule is O=C1CN(C(=O)CN2CCC(O)C2)c2ccccc2N1. The zero-order valence-electron chi connectivity index (χ0n) is 11.1. The summed E-state index contributed by atoms with van der Waals surface area (Å²) >= 11 is 0. The molecule has 0 radical (unpaired) electrons. The molecular weight excluding hydrogens is 258 g/mol. The Bertz CT molecular complexity index is 546. The van der Waals surface area contributed by atoms with Crippen LogP contribution in [0, 0.1) is 0 Å². The fourth-order valence-corrected chi connectivity index (χ4v) is 2.69. The Morgan fingerprint density at radius 1 is 1.40 bits per heavy atom. The fourth-order valence-electron chi connectivity index (χ4n) is 2.69. The first kappa shape index (κ1) is 13.1. The number of benzene rings is 1. The Morgan fingerprint density at radius 3 is 2.95 bits per heavy atom. The minimum atomic E-state index is -0.347. The van der Waals surface area contributed by atoms with Gasteiger partial charge in [-0.2, -0.15) is 0 Å². The van der Waals surface area contributed by atoms with Gasteiger partial charge in [0, 0.05) is 13.1 Å². The third-order valence-electron chi connectivity index (χ3n) is 3.68. The van der Waals surface area contributed by atoms with Crippen molar-refractivity contribution >= 4 is 23.2 Å². The van der Waals surface area contributed by atoms with E-state index in [1.807, 2.05) is 23.1 Å². The molecule has 2 N–H and O–H groups in total. The molecular formula is C14H17N3O3. The Balaban J connectivity index is 1.76. The fraction of sp³-hybridized carbons (Fsp3) is 0.429. The molecule has 1 atom stereocenters. The molecule has 0 spiro atoms. The Hall–Kier alpha value is -1.92. The van der Waals surface area contributed by atoms with Gasteiger partial charge in [-0.15, -0.1) is 0 Å². The Morgan fingerprint density at radius 2 is 2.20 bits per heavy atom. The molecule has 6 heteroatoms. The molecule has 0 aromatic heterocycles. The van der Waals surface area contributed by atoms with Crippen molar-refractivity contribution in [3.05, 3.63) is 24.3 Å². The highest BCUT2D eigenvalue weighted by Gasteiger charge is 2.29. The van der Waals surface area contributed by atoms with E-state index in [1.165, 1.54) is 4.90 Å². The summed E-state index contributed by atoms with van der Waals surface area (Å²) in [6, 6.07) is 7.28. The lowest BCUT2D eigenvalue weighted by atomic mass is 10.2. The summed E-state index contributed by atoms with van der Waals surface area (Å²) in [4.78, 5) is 27.5. The second-order valence-corrected chi connectivity index (χ2v) is 5.22. The summed E-state index contributed by atoms with van der Waals surface area (Å²) < 4.78 is 0. The van der Waals surface area contributed by atoms with Crippen molar-refractivity contribution < 1.29 is 14.7 Å². The molecule has 20 heavy (non-hydrogen) atoms. The Labute approximate surface area is 117 Å². The van der Waals surface area contributed by atoms with E-state index in [2.05, 4.69) is 5.32 Å². The van der Waals surface area contributed by atoms with Crippen molar-refractivity contribution in [2.24, 2.45) is 0 Å². The number of amides is 2. The minimum absolute atomic E-state index is 0.0479. The predicted molar refractivity (Wildman–Crippen MR) is 74.5 cm³/mol. The van der Waals surface area contributed by atoms with Crippen LogP contribution in [0.3, 0.4) is 0 Å². The van der Waals surface area contributed by atoms with Crippen molar-refractivity contribution in [2.45, 2.75) is 12.5 Å². The monoisotopic (exact) mass is 275 g/mol. The number of aliphatic hydroxyl groups is 1. The second-order valence-electron chi connectivity index (χ2n) is 5.22. The van der Waals surface area contributed by atoms with Gasteiger partial charge in [-0.1, -0.05) is 12.1 Å². The van der Waals surface area contributed by atoms with Crippen LogP contribution in [-0.4, -0.2) is 54.1 Å². The van der Waals surface area contributed by atoms with Crippen LogP contribution in [-0.2, 0) is 9.59 Å². The number of fused-ring (bicyclic) bond motifs is 1. The van der Waals surface area contributed by atoms with Gasteiger partial charge in [-0.05, 0) is 18.6 Å². The number of nitrogens with zero attached hydrogens (tertiary/aromatic N) is 2. The maximum absolute atomic E-state index is 12.4. The number of aliphatic hydroxyl groups excluding tert-OH is 1. The van der Waals surface area contributed by atoms with E-state index in [9.17, 15) is 14.7 Å². The molecule has 3 rings (SSSR count). The first-order valence-corrected chi connectivity index (χ1v) is 6.73. The van der Waals surface area contributed by atoms with E-state index in [0.717, 1.165) is 5.69 Å². The van der Waals surface area contributed by atoms with Gasteiger partial charge >= 0.3 is 0 Å². The third kappa shape index (κ3) is 2.52. The van der Waals surface area contributed by atoms with Gasteiger partial charge in [0.05, 0.1) is 24.0 Å². The molecule has 0 bridgehead atoms. The molecule has 2 aliphatic heterocycles. The number of hydrogen-bond acceptors (Lipinski definition) is 4. The van der Waals surface area contributed by atoms with Crippen LogP contribution >= 0.6 is 0 Å². The maximum Gasteiger partial charge on any atom is 0.244 e. The van der Waals surface area contributed by atoms with Crippen molar-refractivity contribution in [1.29, 1.82) is 0 Å². The molecule has 0 saturated carbocycles. The van der Waals surface area contributed by atoms with Gasteiger partial charge < -0.3 is 10.4 Å². The normalized spacial score (nSPS) is 22.6. The summed E-state index contributed by atoms with van der Waals surface area (Å²) in [6.45, 7) is 1.52. The first-order chi connectivity index (χ1) is 9.63. The average Bonchev–Trinajstić information content (AvgIpc) is 2.83. The summed E-state index contributed by atoms with van der Waals surface area (Å²) in [7, 11) is 0. The highest BCUT2D eigenvalue weighted by molar-refractivity contribution is 6.10. The lowest BCUT2D eigenvalue weighted by Gasteiger charge is -2.30. The maximum atomic E-state index is 12.4. The molecule has 0 aliphatic carbocycles. The van der Waals surface area contributed by atoms with Crippen molar-refractivity contribution in [3.63, 3.8) is 0 Å². The number of likely N-dealkylation sites (tertiary alicyclic amines) is 1. The van der Waals surface area contributed by atoms with Gasteiger partial charge in [0.15, 0.2) is 0 Å². The molecule has 1 unspecified atom stereocenters. The molecule has 1 fully saturated rings. The molecule has 2 heterocycles. The minimum Gasteiger partial charge on any atom is -0.392 e. The number of β-amino-alcohol motifs (C(OH)–C–C–N with tert-alkyl or cyclic N) is 1. The number of rotatable bonds is 2. The van der Waals surface area contributed by atoms with Crippen LogP contribution in [0.1, 0.15) is 6.42 Å². The van der Waals surface area contributed by atoms with Gasteiger partial charge in [0.1, 0.15) is 6.54 Å². The zero-order valence-corrected chi connectivity index (χ0v) is 11.1. The van der Waals surface area contributed by atoms with Crippen LogP contribution < -0.4 is 10.2 Å². The van der Waals surface area contributed by atoms with Crippen molar-refractivity contribution in [2.75, 3.05) is 36.4 Å². The number of carbonyl (C=O) groups is 2. The predicted octanol–water partition coefficient (Wildman–Crippen LogP) is 0.0383. The molecule has 1 aromatic rings. The lowest BCUT2D eigenvalue weighted by molar-refractivity contribution is -0.122. The van der Waals surface area contributed by atoms with Gasteiger partial charge in [-0.25, -0.2) is 0 Å². The first-order valence-electron chi connectivity index (χ1n) is 6.73. The molecule has 6 nitrogen and oxygen atoms in total. The van der Waals surface area contributed by atoms with Gasteiger partial charge in [0.2, 0.25) is 11.8 Å². The van der Waals surface area contributed by atoms with Crippen molar-refractivity contribution in [1.82, 2.24) is 4.90 Å². The quantitative estimate of drug-likeness (QED) is 0.799. The Kier molecular flexibility index (Phi) is 3.42. The van der Waals surface area contributed by atoms with Crippen LogP contribution in [0.15, 0.2) is 24.3 Å². The van der Waals surface area contributed by atoms with Gasteiger partial charge in [0.25, 0.3) is 0 Å². The molecule has 1 saturated heterocycles. The summed E-state index contributed by atoms with van der Waals surface area (Å²) in [5.41, 5.74) is 1.40. The smallest absolute Gasteiger partial charge is 0.244 e. The summed E-state index contributed by atoms with van der Waals surface area (Å²) in [6.07, 6.45) is 0.351. The number of hydrogen-bond donors (Lipinski definition) is 2. The molecule has 106 valence electrons. The van der Waals surface area contributed by atoms with E-state index in [4.69, 9.17) is 0 Å². The third-order valence-corrected chi connectivity index (χ3v) is 3.68. The molecule has 1 aromatic carbocycles. The van der Waals surface area contributed by atoms with Crippen molar-refractivity contribution in [3.8, 4) is 0 Å². The average molecular weight is 275 g/mol. The summed E-state index contributed by atoms with van der Waals surface area (Å²) in [5.74, 6) is -0.292. The second kappa shape index (κ2) is 5.22. The zero-order chi connectivity index (χ0) is 14.1.